The molecule has 1 aromatic rings. The number of hydrogen-bond acceptors (Lipinski definition) is 1. The van der Waals surface area contributed by atoms with Crippen molar-refractivity contribution < 1.29 is 4.74 Å². The van der Waals surface area contributed by atoms with Crippen molar-refractivity contribution in [3.63, 3.8) is 0 Å². The maximum atomic E-state index is 5.81. The minimum Gasteiger partial charge on any atom is -0.490 e. The van der Waals surface area contributed by atoms with Crippen LogP contribution in [-0.2, 0) is 6.42 Å². The molecule has 0 N–H and O–H groups in total. The van der Waals surface area contributed by atoms with E-state index < -0.39 is 0 Å². The lowest BCUT2D eigenvalue weighted by Gasteiger charge is -2.09. The zero-order valence-corrected chi connectivity index (χ0v) is 12.1. The van der Waals surface area contributed by atoms with Crippen LogP contribution in [0.15, 0.2) is 24.3 Å². The topological polar surface area (TPSA) is 9.23 Å². The zero-order chi connectivity index (χ0) is 12.1. The molecule has 0 aliphatic heterocycles. The summed E-state index contributed by atoms with van der Waals surface area (Å²) in [5.74, 6) is 1.05. The third-order valence-corrected chi connectivity index (χ3v) is 3.99. The van der Waals surface area contributed by atoms with E-state index in [2.05, 4.69) is 47.1 Å². The van der Waals surface area contributed by atoms with Gasteiger partial charge in [-0.25, -0.2) is 0 Å². The molecule has 0 saturated heterocycles. The van der Waals surface area contributed by atoms with Gasteiger partial charge in [0, 0.05) is 4.83 Å². The number of halogens is 1. The van der Waals surface area contributed by atoms with Crippen molar-refractivity contribution in [3.05, 3.63) is 29.8 Å². The highest BCUT2D eigenvalue weighted by molar-refractivity contribution is 9.09. The van der Waals surface area contributed by atoms with Crippen LogP contribution in [0.2, 0.25) is 0 Å². The zero-order valence-electron chi connectivity index (χ0n) is 10.5. The van der Waals surface area contributed by atoms with Crippen molar-refractivity contribution >= 4 is 15.9 Å². The van der Waals surface area contributed by atoms with Crippen molar-refractivity contribution in [2.24, 2.45) is 0 Å². The molecule has 0 aromatic heterocycles. The quantitative estimate of drug-likeness (QED) is 0.661. The highest BCUT2D eigenvalue weighted by Crippen LogP contribution is 2.27. The Bertz CT molecular complexity index is 347. The molecule has 0 radical (unpaired) electrons. The average Bonchev–Trinajstić information content (AvgIpc) is 3.11. The largest absolute Gasteiger partial charge is 0.490 e. The molecule has 0 spiro atoms. The van der Waals surface area contributed by atoms with E-state index in [0.29, 0.717) is 10.9 Å². The summed E-state index contributed by atoms with van der Waals surface area (Å²) < 4.78 is 5.81. The Morgan fingerprint density at radius 3 is 2.88 bits per heavy atom. The van der Waals surface area contributed by atoms with E-state index in [4.69, 9.17) is 4.74 Å². The Balaban J connectivity index is 1.82. The first-order valence-electron chi connectivity index (χ1n) is 6.67. The first-order chi connectivity index (χ1) is 8.28. The van der Waals surface area contributed by atoms with Gasteiger partial charge in [-0.05, 0) is 49.8 Å². The second-order valence-corrected chi connectivity index (χ2v) is 6.18. The highest BCUT2D eigenvalue weighted by Gasteiger charge is 2.23. The van der Waals surface area contributed by atoms with E-state index in [1.807, 2.05) is 0 Å². The molecule has 1 aromatic carbocycles. The molecule has 0 amide bonds. The molecule has 2 heteroatoms. The summed E-state index contributed by atoms with van der Waals surface area (Å²) in [6.45, 7) is 2.23. The summed E-state index contributed by atoms with van der Waals surface area (Å²) in [7, 11) is 0. The van der Waals surface area contributed by atoms with Crippen LogP contribution >= 0.6 is 15.9 Å². The van der Waals surface area contributed by atoms with E-state index in [9.17, 15) is 0 Å². The van der Waals surface area contributed by atoms with E-state index in [0.717, 1.165) is 12.2 Å². The molecular weight excluding hydrogens is 276 g/mol. The maximum absolute atomic E-state index is 5.81. The highest BCUT2D eigenvalue weighted by atomic mass is 79.9. The first kappa shape index (κ1) is 12.9. The molecule has 94 valence electrons. The lowest BCUT2D eigenvalue weighted by molar-refractivity contribution is 0.303. The van der Waals surface area contributed by atoms with Crippen LogP contribution in [-0.4, -0.2) is 10.9 Å². The van der Waals surface area contributed by atoms with Crippen LogP contribution < -0.4 is 4.74 Å². The van der Waals surface area contributed by atoms with Gasteiger partial charge in [-0.1, -0.05) is 41.4 Å². The second-order valence-electron chi connectivity index (χ2n) is 4.89. The van der Waals surface area contributed by atoms with Gasteiger partial charge in [0.05, 0.1) is 6.10 Å². The van der Waals surface area contributed by atoms with Crippen molar-refractivity contribution in [2.45, 2.75) is 56.4 Å². The van der Waals surface area contributed by atoms with Crippen molar-refractivity contribution in [1.82, 2.24) is 0 Å². The average molecular weight is 297 g/mol. The molecule has 0 heterocycles. The number of rotatable bonds is 7. The van der Waals surface area contributed by atoms with Crippen molar-refractivity contribution in [1.29, 1.82) is 0 Å². The standard InChI is InChI=1S/C15H21BrO/c1-2-4-13(16)8-7-12-5-3-6-15(11-12)17-14-9-10-14/h3,5-6,11,13-14H,2,4,7-10H2,1H3. The maximum Gasteiger partial charge on any atom is 0.119 e. The molecule has 17 heavy (non-hydrogen) atoms. The van der Waals surface area contributed by atoms with Gasteiger partial charge in [-0.15, -0.1) is 0 Å². The lowest BCUT2D eigenvalue weighted by atomic mass is 10.1. The molecular formula is C15H21BrO. The molecule has 1 unspecified atom stereocenters. The summed E-state index contributed by atoms with van der Waals surface area (Å²) in [6, 6.07) is 8.57. The predicted octanol–water partition coefficient (Wildman–Crippen LogP) is 4.72. The van der Waals surface area contributed by atoms with Gasteiger partial charge in [0.1, 0.15) is 5.75 Å². The van der Waals surface area contributed by atoms with E-state index >= 15 is 0 Å². The predicted molar refractivity (Wildman–Crippen MR) is 76.0 cm³/mol. The van der Waals surface area contributed by atoms with Gasteiger partial charge in [0.25, 0.3) is 0 Å². The number of benzene rings is 1. The molecule has 1 aliphatic carbocycles. The first-order valence-corrected chi connectivity index (χ1v) is 7.59. The minimum absolute atomic E-state index is 0.495. The molecule has 1 atom stereocenters. The molecule has 1 aliphatic rings. The Morgan fingerprint density at radius 2 is 2.18 bits per heavy atom. The summed E-state index contributed by atoms with van der Waals surface area (Å²) >= 11 is 3.73. The van der Waals surface area contributed by atoms with Gasteiger partial charge in [-0.3, -0.25) is 0 Å². The van der Waals surface area contributed by atoms with Crippen molar-refractivity contribution in [3.8, 4) is 5.75 Å². The molecule has 1 fully saturated rings. The van der Waals surface area contributed by atoms with Gasteiger partial charge >= 0.3 is 0 Å². The van der Waals surface area contributed by atoms with E-state index in [1.165, 1.54) is 37.7 Å². The Labute approximate surface area is 113 Å². The summed E-state index contributed by atoms with van der Waals surface area (Å²) in [5.41, 5.74) is 1.39. The SMILES string of the molecule is CCCC(Br)CCc1cccc(OC2CC2)c1. The van der Waals surface area contributed by atoms with E-state index in [1.54, 1.807) is 0 Å². The van der Waals surface area contributed by atoms with Gasteiger partial charge in [0.2, 0.25) is 0 Å². The van der Waals surface area contributed by atoms with Gasteiger partial charge in [-0.2, -0.15) is 0 Å². The van der Waals surface area contributed by atoms with Crippen LogP contribution in [0, 0.1) is 0 Å². The summed E-state index contributed by atoms with van der Waals surface area (Å²) in [4.78, 5) is 0.653. The fourth-order valence-electron chi connectivity index (χ4n) is 1.93. The van der Waals surface area contributed by atoms with Crippen LogP contribution in [0.25, 0.3) is 0 Å². The third kappa shape index (κ3) is 4.71. The molecule has 1 nitrogen and oxygen atoms in total. The smallest absolute Gasteiger partial charge is 0.119 e. The fraction of sp³-hybridized carbons (Fsp3) is 0.600. The summed E-state index contributed by atoms with van der Waals surface area (Å²) in [6.07, 6.45) is 7.81. The van der Waals surface area contributed by atoms with Crippen LogP contribution in [0.5, 0.6) is 5.75 Å². The van der Waals surface area contributed by atoms with Crippen LogP contribution in [0.3, 0.4) is 0 Å². The Kier molecular flexibility index (Phi) is 4.90. The number of ether oxygens (including phenoxy) is 1. The second kappa shape index (κ2) is 6.44. The number of hydrogen-bond donors (Lipinski definition) is 0. The normalized spacial score (nSPS) is 16.8. The van der Waals surface area contributed by atoms with Gasteiger partial charge < -0.3 is 4.74 Å². The number of alkyl halides is 1. The number of aryl methyl sites for hydroxylation is 1. The minimum atomic E-state index is 0.495. The lowest BCUT2D eigenvalue weighted by Crippen LogP contribution is -2.00. The molecule has 0 bridgehead atoms. The third-order valence-electron chi connectivity index (χ3n) is 3.07. The van der Waals surface area contributed by atoms with Crippen molar-refractivity contribution in [2.75, 3.05) is 0 Å². The molecule has 1 saturated carbocycles. The molecule has 2 rings (SSSR count). The van der Waals surface area contributed by atoms with E-state index in [-0.39, 0.29) is 0 Å². The summed E-state index contributed by atoms with van der Waals surface area (Å²) in [5, 5.41) is 0. The Hall–Kier alpha value is -0.500. The van der Waals surface area contributed by atoms with Gasteiger partial charge in [0.15, 0.2) is 0 Å². The Morgan fingerprint density at radius 1 is 1.35 bits per heavy atom. The monoisotopic (exact) mass is 296 g/mol. The van der Waals surface area contributed by atoms with Crippen LogP contribution in [0.1, 0.15) is 44.6 Å². The fourth-order valence-corrected chi connectivity index (χ4v) is 2.62. The van der Waals surface area contributed by atoms with Crippen LogP contribution in [0.4, 0.5) is 0 Å².